The number of nitrogens with zero attached hydrogens (tertiary/aromatic N) is 5. The summed E-state index contributed by atoms with van der Waals surface area (Å²) >= 11 is 0. The first-order valence-electron chi connectivity index (χ1n) is 25.1. The van der Waals surface area contributed by atoms with E-state index in [0.29, 0.717) is 0 Å². The van der Waals surface area contributed by atoms with E-state index in [1.165, 1.54) is 16.7 Å². The zero-order valence-corrected chi connectivity index (χ0v) is 40.7. The van der Waals surface area contributed by atoms with Crippen LogP contribution in [0.1, 0.15) is 22.6 Å². The molecule has 1 aromatic heterocycles. The van der Waals surface area contributed by atoms with E-state index in [0.717, 1.165) is 84.7 Å². The van der Waals surface area contributed by atoms with Crippen LogP contribution < -0.4 is 14.7 Å². The Morgan fingerprint density at radius 3 is 0.743 bits per heavy atom. The average Bonchev–Trinajstić information content (AvgIpc) is 3.48. The fourth-order valence-corrected chi connectivity index (χ4v) is 10.0. The first-order chi connectivity index (χ1) is 36.7. The zero-order chi connectivity index (χ0) is 49.5. The summed E-state index contributed by atoms with van der Waals surface area (Å²) in [5, 5.41) is 0. The predicted molar refractivity (Wildman–Crippen MR) is 308 cm³/mol. The highest BCUT2D eigenvalue weighted by Crippen LogP contribution is 2.42. The van der Waals surface area contributed by atoms with E-state index in [1.54, 1.807) is 0 Å². The van der Waals surface area contributed by atoms with Gasteiger partial charge in [0.15, 0.2) is 0 Å². The predicted octanol–water partition coefficient (Wildman–Crippen LogP) is 18.6. The molecule has 352 valence electrons. The van der Waals surface area contributed by atoms with Crippen molar-refractivity contribution in [2.24, 2.45) is 0 Å². The molecule has 5 heteroatoms. The summed E-state index contributed by atoms with van der Waals surface area (Å²) < 4.78 is 0. The molecule has 0 bridgehead atoms. The lowest BCUT2D eigenvalue weighted by atomic mass is 9.84. The molecule has 0 saturated carbocycles. The lowest BCUT2D eigenvalue weighted by molar-refractivity contribution is 0.977. The normalized spacial score (nSPS) is 11.5. The van der Waals surface area contributed by atoms with Crippen LogP contribution in [0.2, 0.25) is 0 Å². The molecule has 1 atom stereocenters. The van der Waals surface area contributed by atoms with Crippen LogP contribution in [-0.4, -0.2) is 9.97 Å². The highest BCUT2D eigenvalue weighted by Gasteiger charge is 2.22. The van der Waals surface area contributed by atoms with E-state index >= 15 is 0 Å². The van der Waals surface area contributed by atoms with Crippen molar-refractivity contribution in [2.75, 3.05) is 14.7 Å². The maximum Gasteiger partial charge on any atom is 0.0973 e. The van der Waals surface area contributed by atoms with Crippen molar-refractivity contribution in [3.05, 3.63) is 320 Å². The van der Waals surface area contributed by atoms with Gasteiger partial charge in [-0.25, -0.2) is 9.97 Å². The third kappa shape index (κ3) is 9.41. The molecule has 0 radical (unpaired) electrons. The molecule has 0 aliphatic rings. The minimum Gasteiger partial charge on any atom is -0.311 e. The Kier molecular flexibility index (Phi) is 12.8. The first-order valence-corrected chi connectivity index (χ1v) is 25.1. The first kappa shape index (κ1) is 45.3. The van der Waals surface area contributed by atoms with Crippen LogP contribution in [0.25, 0.3) is 33.5 Å². The van der Waals surface area contributed by atoms with Gasteiger partial charge >= 0.3 is 0 Å². The Morgan fingerprint density at radius 1 is 0.203 bits per heavy atom. The van der Waals surface area contributed by atoms with Crippen LogP contribution in [0.15, 0.2) is 303 Å². The maximum atomic E-state index is 5.33. The minimum atomic E-state index is 0.00586. The third-order valence-corrected chi connectivity index (χ3v) is 13.5. The fourth-order valence-electron chi connectivity index (χ4n) is 10.0. The van der Waals surface area contributed by atoms with Gasteiger partial charge in [-0.05, 0) is 138 Å². The number of fused-ring (bicyclic) bond motifs is 1. The second-order valence-electron chi connectivity index (χ2n) is 18.2. The molecule has 5 nitrogen and oxygen atoms in total. The molecule has 0 saturated heterocycles. The van der Waals surface area contributed by atoms with Gasteiger partial charge < -0.3 is 14.7 Å². The van der Waals surface area contributed by atoms with Gasteiger partial charge in [0.05, 0.1) is 22.4 Å². The molecule has 0 amide bonds. The van der Waals surface area contributed by atoms with Crippen molar-refractivity contribution in [1.82, 2.24) is 9.97 Å². The van der Waals surface area contributed by atoms with Crippen LogP contribution in [-0.2, 0) is 0 Å². The highest BCUT2D eigenvalue weighted by molar-refractivity contribution is 5.88. The van der Waals surface area contributed by atoms with E-state index in [9.17, 15) is 0 Å². The number of benzene rings is 11. The number of para-hydroxylation sites is 7. The van der Waals surface area contributed by atoms with Crippen molar-refractivity contribution in [2.45, 2.75) is 5.92 Å². The summed E-state index contributed by atoms with van der Waals surface area (Å²) in [6.07, 6.45) is 0. The standard InChI is InChI=1S/C69H51N5/c1-7-21-51(22-8-1)67(53-39-43-61(44-40-53)72(56-23-9-2-10-24-56)57-25-11-3-12-26-57)52-35-37-54(38-36-52)68-69(71-66-34-20-19-33-65(66)70-68)55-41-45-62(46-42-55)74(60-31-17-6-18-32-60)64-49-47-63(48-50-64)73(58-27-13-4-14-28-58)59-29-15-5-16-30-59/h1-50,67H. The van der Waals surface area contributed by atoms with Crippen molar-refractivity contribution < 1.29 is 0 Å². The van der Waals surface area contributed by atoms with Crippen LogP contribution in [0.4, 0.5) is 51.2 Å². The molecule has 74 heavy (non-hydrogen) atoms. The van der Waals surface area contributed by atoms with Crippen LogP contribution in [0.3, 0.4) is 0 Å². The maximum absolute atomic E-state index is 5.33. The van der Waals surface area contributed by atoms with Crippen molar-refractivity contribution >= 4 is 62.2 Å². The van der Waals surface area contributed by atoms with Gasteiger partial charge in [0.25, 0.3) is 0 Å². The highest BCUT2D eigenvalue weighted by atomic mass is 15.2. The number of anilines is 9. The quantitative estimate of drug-likeness (QED) is 0.102. The lowest BCUT2D eigenvalue weighted by Gasteiger charge is -2.28. The average molecular weight is 950 g/mol. The Labute approximate surface area is 433 Å². The molecule has 1 heterocycles. The van der Waals surface area contributed by atoms with E-state index < -0.39 is 0 Å². The molecule has 11 aromatic carbocycles. The largest absolute Gasteiger partial charge is 0.311 e. The summed E-state index contributed by atoms with van der Waals surface area (Å²) in [7, 11) is 0. The second-order valence-corrected chi connectivity index (χ2v) is 18.2. The van der Waals surface area contributed by atoms with Crippen molar-refractivity contribution in [1.29, 1.82) is 0 Å². The summed E-state index contributed by atoms with van der Waals surface area (Å²) in [4.78, 5) is 17.5. The summed E-state index contributed by atoms with van der Waals surface area (Å²) in [5.74, 6) is 0.00586. The van der Waals surface area contributed by atoms with Gasteiger partial charge in [0.1, 0.15) is 0 Å². The molecule has 0 fully saturated rings. The summed E-state index contributed by atoms with van der Waals surface area (Å²) in [6, 6.07) is 107. The fraction of sp³-hybridized carbons (Fsp3) is 0.0145. The molecule has 12 rings (SSSR count). The Bertz CT molecular complexity index is 3400. The monoisotopic (exact) mass is 949 g/mol. The lowest BCUT2D eigenvalue weighted by Crippen LogP contribution is -2.12. The van der Waals surface area contributed by atoms with E-state index in [1.807, 2.05) is 24.3 Å². The summed E-state index contributed by atoms with van der Waals surface area (Å²) in [6.45, 7) is 0. The Balaban J connectivity index is 0.880. The molecule has 0 aliphatic carbocycles. The van der Waals surface area contributed by atoms with Gasteiger partial charge in [0.2, 0.25) is 0 Å². The van der Waals surface area contributed by atoms with Crippen LogP contribution in [0, 0.1) is 0 Å². The number of hydrogen-bond donors (Lipinski definition) is 0. The number of hydrogen-bond acceptors (Lipinski definition) is 5. The van der Waals surface area contributed by atoms with E-state index in [2.05, 4.69) is 294 Å². The van der Waals surface area contributed by atoms with Crippen molar-refractivity contribution in [3.8, 4) is 22.5 Å². The molecule has 12 aromatic rings. The Morgan fingerprint density at radius 2 is 0.419 bits per heavy atom. The second kappa shape index (κ2) is 20.9. The summed E-state index contributed by atoms with van der Waals surface area (Å²) in [5.41, 5.74) is 18.7. The molecule has 0 N–H and O–H groups in total. The van der Waals surface area contributed by atoms with Gasteiger partial charge in [-0.15, -0.1) is 0 Å². The molecule has 1 unspecified atom stereocenters. The topological polar surface area (TPSA) is 35.5 Å². The smallest absolute Gasteiger partial charge is 0.0973 e. The van der Waals surface area contributed by atoms with Gasteiger partial charge in [-0.2, -0.15) is 0 Å². The Hall–Kier alpha value is -9.84. The molecule has 0 spiro atoms. The SMILES string of the molecule is c1ccc(C(c2ccc(-c3nc4ccccc4nc3-c3ccc(N(c4ccccc4)c4ccc(N(c5ccccc5)c5ccccc5)cc4)cc3)cc2)c2ccc(N(c3ccccc3)c3ccccc3)cc2)cc1. The van der Waals surface area contributed by atoms with Gasteiger partial charge in [0, 0.05) is 68.2 Å². The van der Waals surface area contributed by atoms with Gasteiger partial charge in [-0.3, -0.25) is 0 Å². The number of aromatic nitrogens is 2. The zero-order valence-electron chi connectivity index (χ0n) is 40.7. The molecule has 0 aliphatic heterocycles. The third-order valence-electron chi connectivity index (χ3n) is 13.5. The molecular formula is C69H51N5. The minimum absolute atomic E-state index is 0.00586. The van der Waals surface area contributed by atoms with Gasteiger partial charge in [-0.1, -0.05) is 182 Å². The van der Waals surface area contributed by atoms with Crippen LogP contribution in [0.5, 0.6) is 0 Å². The van der Waals surface area contributed by atoms with Crippen LogP contribution >= 0.6 is 0 Å². The number of rotatable bonds is 14. The van der Waals surface area contributed by atoms with Crippen molar-refractivity contribution in [3.63, 3.8) is 0 Å². The van der Waals surface area contributed by atoms with E-state index in [-0.39, 0.29) is 5.92 Å². The molecular weight excluding hydrogens is 899 g/mol. The van der Waals surface area contributed by atoms with E-state index in [4.69, 9.17) is 9.97 Å².